The Morgan fingerprint density at radius 3 is 1.18 bits per heavy atom. The van der Waals surface area contributed by atoms with E-state index in [0.29, 0.717) is 26.2 Å². The van der Waals surface area contributed by atoms with Crippen molar-refractivity contribution in [2.75, 3.05) is 26.2 Å². The summed E-state index contributed by atoms with van der Waals surface area (Å²) in [6.45, 7) is 22.7. The third-order valence-corrected chi connectivity index (χ3v) is 15.4. The Balaban J connectivity index is 2.59. The summed E-state index contributed by atoms with van der Waals surface area (Å²) in [4.78, 5) is 0. The largest absolute Gasteiger partial charge is 0.341 e. The summed E-state index contributed by atoms with van der Waals surface area (Å²) in [5.41, 5.74) is 3.04. The van der Waals surface area contributed by atoms with E-state index in [4.69, 9.17) is 0 Å². The van der Waals surface area contributed by atoms with E-state index in [1.807, 2.05) is 0 Å². The topological polar surface area (TPSA) is 58.2 Å². The van der Waals surface area contributed by atoms with Gasteiger partial charge in [0.25, 0.3) is 0 Å². The highest BCUT2D eigenvalue weighted by atomic mass is 31.2. The fourth-order valence-corrected chi connectivity index (χ4v) is 14.2. The van der Waals surface area contributed by atoms with E-state index in [0.717, 1.165) is 99.3 Å². The summed E-state index contributed by atoms with van der Waals surface area (Å²) in [7, 11) is -6.73. The molecule has 0 saturated carbocycles. The van der Waals surface area contributed by atoms with Crippen molar-refractivity contribution in [2.45, 2.75) is 133 Å². The monoisotopic (exact) mass is 594 g/mol. The van der Waals surface area contributed by atoms with Gasteiger partial charge in [0.1, 0.15) is 0 Å². The molecule has 3 heterocycles. The molecule has 2 aromatic rings. The molecule has 0 atom stereocenters. The number of hydrogen-bond acceptors (Lipinski definition) is 2. The maximum Gasteiger partial charge on any atom is 0.205 e. The van der Waals surface area contributed by atoms with Crippen molar-refractivity contribution in [1.82, 2.24) is 18.5 Å². The van der Waals surface area contributed by atoms with Crippen LogP contribution in [0.4, 0.5) is 0 Å². The second kappa shape index (κ2) is 14.8. The van der Waals surface area contributed by atoms with Crippen LogP contribution in [0.1, 0.15) is 107 Å². The summed E-state index contributed by atoms with van der Waals surface area (Å²) >= 11 is 0. The normalized spacial score (nSPS) is 20.4. The molecule has 8 nitrogen and oxygen atoms in total. The van der Waals surface area contributed by atoms with Crippen LogP contribution in [0.5, 0.6) is 0 Å². The summed E-state index contributed by atoms with van der Waals surface area (Å²) in [6.07, 6.45) is 15.2. The molecule has 0 radical (unpaired) electrons. The van der Waals surface area contributed by atoms with Gasteiger partial charge >= 0.3 is 0 Å². The van der Waals surface area contributed by atoms with E-state index in [1.54, 1.807) is 0 Å². The highest BCUT2D eigenvalue weighted by Gasteiger charge is 2.53. The average Bonchev–Trinajstić information content (AvgIpc) is 3.53. The number of imidazole rings is 2. The van der Waals surface area contributed by atoms with E-state index in [1.165, 1.54) is 0 Å². The Kier molecular flexibility index (Phi) is 12.3. The van der Waals surface area contributed by atoms with Gasteiger partial charge in [-0.25, -0.2) is 0 Å². The van der Waals surface area contributed by atoms with Gasteiger partial charge in [0.05, 0.1) is 47.9 Å². The molecule has 1 aliphatic heterocycles. The Labute approximate surface area is 244 Å². The first-order valence-electron chi connectivity index (χ1n) is 16.1. The smallest absolute Gasteiger partial charge is 0.205 e. The lowest BCUT2D eigenvalue weighted by Gasteiger charge is -2.45. The van der Waals surface area contributed by atoms with Gasteiger partial charge in [0.2, 0.25) is 12.7 Å². The molecule has 1 aliphatic rings. The zero-order valence-corrected chi connectivity index (χ0v) is 28.5. The lowest BCUT2D eigenvalue weighted by Crippen LogP contribution is -2.65. The number of aromatic nitrogens is 4. The van der Waals surface area contributed by atoms with Crippen LogP contribution in [0.25, 0.3) is 0 Å². The Bertz CT molecular complexity index is 1030. The number of aryl methyl sites for hydroxylation is 4. The fourth-order valence-electron chi connectivity index (χ4n) is 6.03. The minimum Gasteiger partial charge on any atom is -0.341 e. The van der Waals surface area contributed by atoms with Gasteiger partial charge in [-0.1, -0.05) is 81.1 Å². The first-order valence-corrected chi connectivity index (χ1v) is 19.5. The second-order valence-corrected chi connectivity index (χ2v) is 16.1. The minimum absolute atomic E-state index is 0.657. The first-order chi connectivity index (χ1) is 19.3. The van der Waals surface area contributed by atoms with Gasteiger partial charge in [-0.2, -0.15) is 0 Å². The molecule has 0 spiro atoms. The molecule has 40 heavy (non-hydrogen) atoms. The summed E-state index contributed by atoms with van der Waals surface area (Å²) in [5, 5.41) is 0. The van der Waals surface area contributed by atoms with Crippen LogP contribution in [0.3, 0.4) is 0 Å². The van der Waals surface area contributed by atoms with Crippen LogP contribution in [0.15, 0.2) is 0 Å². The van der Waals surface area contributed by atoms with E-state index >= 15 is 9.13 Å². The van der Waals surface area contributed by atoms with Gasteiger partial charge in [0.15, 0.2) is 14.6 Å². The summed E-state index contributed by atoms with van der Waals surface area (Å²) in [6, 6.07) is 0. The molecule has 2 aromatic heterocycles. The van der Waals surface area contributed by atoms with E-state index in [9.17, 15) is 0 Å². The molecule has 0 amide bonds. The molecular weight excluding hydrogens is 538 g/mol. The predicted octanol–water partition coefficient (Wildman–Crippen LogP) is 4.12. The quantitative estimate of drug-likeness (QED) is 0.148. The van der Waals surface area contributed by atoms with Gasteiger partial charge in [-0.3, -0.25) is 9.34 Å². The molecule has 10 heteroatoms. The van der Waals surface area contributed by atoms with Gasteiger partial charge in [0, 0.05) is 26.2 Å². The van der Waals surface area contributed by atoms with Crippen molar-refractivity contribution in [3.63, 3.8) is 0 Å². The van der Waals surface area contributed by atoms with Gasteiger partial charge < -0.3 is 27.4 Å². The predicted molar refractivity (Wildman–Crippen MR) is 166 cm³/mol. The molecular formula is C30H56N6O2P2. The highest BCUT2D eigenvalue weighted by Crippen LogP contribution is 2.57. The molecule has 3 rings (SSSR count). The van der Waals surface area contributed by atoms with Crippen LogP contribution in [0, 0.1) is 12.7 Å². The Morgan fingerprint density at radius 1 is 0.575 bits per heavy atom. The SMILES string of the molecule is CCCCn1[c-][n+](CCCC)c2c1[P@](=O)(N(CC)CC)c1c(n(CCCC)[c-][n+]1CCCC)[P@@]2(=O)N(CC)CC. The Morgan fingerprint density at radius 2 is 0.900 bits per heavy atom. The Hall–Kier alpha value is -1.20. The van der Waals surface area contributed by atoms with Crippen LogP contribution in [0.2, 0.25) is 0 Å². The summed E-state index contributed by atoms with van der Waals surface area (Å²) < 4.78 is 45.0. The first kappa shape index (κ1) is 33.3. The fraction of sp³-hybridized carbons (Fsp3) is 0.800. The number of nitrogens with zero attached hydrogens (tertiary/aromatic N) is 6. The number of unbranched alkanes of at least 4 members (excludes halogenated alkanes) is 4. The van der Waals surface area contributed by atoms with E-state index in [2.05, 4.69) is 95.7 Å². The van der Waals surface area contributed by atoms with Crippen molar-refractivity contribution in [3.8, 4) is 0 Å². The van der Waals surface area contributed by atoms with E-state index in [-0.39, 0.29) is 0 Å². The molecule has 0 aromatic carbocycles. The number of fused-ring (bicyclic) bond motifs is 2. The highest BCUT2D eigenvalue weighted by molar-refractivity contribution is 7.86. The summed E-state index contributed by atoms with van der Waals surface area (Å²) in [5.74, 6) is 0. The van der Waals surface area contributed by atoms with E-state index < -0.39 is 14.6 Å². The second-order valence-electron chi connectivity index (χ2n) is 10.9. The molecule has 0 saturated heterocycles. The molecule has 0 N–H and O–H groups in total. The third kappa shape index (κ3) is 5.72. The minimum atomic E-state index is -3.37. The van der Waals surface area contributed by atoms with Crippen LogP contribution in [-0.2, 0) is 35.3 Å². The lowest BCUT2D eigenvalue weighted by atomic mass is 10.3. The van der Waals surface area contributed by atoms with Gasteiger partial charge in [-0.15, -0.1) is 0 Å². The maximum absolute atomic E-state index is 16.1. The maximum atomic E-state index is 16.1. The zero-order chi connectivity index (χ0) is 29.5. The molecule has 0 unspecified atom stereocenters. The molecule has 0 bridgehead atoms. The van der Waals surface area contributed by atoms with Gasteiger partial charge in [-0.05, 0) is 25.7 Å². The van der Waals surface area contributed by atoms with Crippen LogP contribution < -0.4 is 30.9 Å². The average molecular weight is 595 g/mol. The van der Waals surface area contributed by atoms with Crippen molar-refractivity contribution in [2.24, 2.45) is 0 Å². The van der Waals surface area contributed by atoms with Crippen molar-refractivity contribution >= 4 is 36.3 Å². The lowest BCUT2D eigenvalue weighted by molar-refractivity contribution is -0.685. The van der Waals surface area contributed by atoms with Crippen LogP contribution >= 0.6 is 14.6 Å². The molecule has 0 fully saturated rings. The number of rotatable bonds is 18. The zero-order valence-electron chi connectivity index (χ0n) is 26.7. The number of hydrogen-bond donors (Lipinski definition) is 0. The molecule has 228 valence electrons. The van der Waals surface area contributed by atoms with Crippen molar-refractivity contribution < 1.29 is 18.3 Å². The third-order valence-electron chi connectivity index (χ3n) is 8.25. The van der Waals surface area contributed by atoms with Crippen molar-refractivity contribution in [1.29, 1.82) is 0 Å². The molecule has 0 aliphatic carbocycles. The van der Waals surface area contributed by atoms with Crippen molar-refractivity contribution in [3.05, 3.63) is 12.7 Å². The standard InChI is InChI=1S/C30H56N6O2P2/c1-9-17-21-31-25-32(22-18-10-2)28-27(31)39(37,35(13-5)14-6)29-30(40(28,38)36(15-7)16-8)34(24-20-12-4)26-33(29)23-19-11-3/h9-24H2,1-8H3/t39-,40-. The van der Waals surface area contributed by atoms with Crippen LogP contribution in [-0.4, -0.2) is 44.7 Å².